The van der Waals surface area contributed by atoms with E-state index in [9.17, 15) is 9.59 Å². The lowest BCUT2D eigenvalue weighted by atomic mass is 10.1. The van der Waals surface area contributed by atoms with E-state index in [4.69, 9.17) is 16.6 Å². The minimum Gasteiger partial charge on any atom is -0.312 e. The molecule has 0 fully saturated rings. The Morgan fingerprint density at radius 2 is 1.77 bits per heavy atom. The van der Waals surface area contributed by atoms with Crippen LogP contribution in [0.4, 0.5) is 11.6 Å². The zero-order chi connectivity index (χ0) is 21.7. The van der Waals surface area contributed by atoms with Crippen LogP contribution >= 0.6 is 11.6 Å². The molecule has 7 nitrogen and oxygen atoms in total. The van der Waals surface area contributed by atoms with Crippen LogP contribution in [0.15, 0.2) is 58.1 Å². The molecule has 0 bridgehead atoms. The number of benzene rings is 2. The van der Waals surface area contributed by atoms with Crippen LogP contribution in [-0.4, -0.2) is 25.2 Å². The molecule has 0 aliphatic carbocycles. The number of hydrogen-bond acceptors (Lipinski definition) is 4. The van der Waals surface area contributed by atoms with E-state index in [1.165, 1.54) is 9.13 Å². The Balaban J connectivity index is 1.71. The van der Waals surface area contributed by atoms with E-state index >= 15 is 0 Å². The number of nitrogens with zero attached hydrogens (tertiary/aromatic N) is 5. The highest BCUT2D eigenvalue weighted by Crippen LogP contribution is 2.31. The van der Waals surface area contributed by atoms with E-state index in [0.29, 0.717) is 28.7 Å². The summed E-state index contributed by atoms with van der Waals surface area (Å²) < 4.78 is 4.71. The molecule has 0 saturated carbocycles. The van der Waals surface area contributed by atoms with Crippen molar-refractivity contribution >= 4 is 34.4 Å². The molecule has 158 valence electrons. The first-order valence-electron chi connectivity index (χ1n) is 10.2. The fourth-order valence-corrected chi connectivity index (χ4v) is 4.35. The Bertz CT molecular complexity index is 1420. The predicted octanol–water partition coefficient (Wildman–Crippen LogP) is 3.45. The van der Waals surface area contributed by atoms with Gasteiger partial charge in [0.15, 0.2) is 11.2 Å². The molecule has 1 aliphatic rings. The molecule has 3 heterocycles. The van der Waals surface area contributed by atoms with Crippen LogP contribution in [0.1, 0.15) is 17.5 Å². The highest BCUT2D eigenvalue weighted by molar-refractivity contribution is 6.30. The molecule has 0 radical (unpaired) electrons. The fraction of sp³-hybridized carbons (Fsp3) is 0.261. The summed E-state index contributed by atoms with van der Waals surface area (Å²) in [5.41, 5.74) is 3.14. The molecule has 2 aromatic heterocycles. The van der Waals surface area contributed by atoms with Crippen molar-refractivity contribution in [3.05, 3.63) is 85.5 Å². The van der Waals surface area contributed by atoms with Crippen molar-refractivity contribution in [1.29, 1.82) is 0 Å². The highest BCUT2D eigenvalue weighted by Gasteiger charge is 2.27. The number of imidazole rings is 1. The van der Waals surface area contributed by atoms with Gasteiger partial charge in [0, 0.05) is 30.8 Å². The summed E-state index contributed by atoms with van der Waals surface area (Å²) in [6, 6.07) is 15.3. The summed E-state index contributed by atoms with van der Waals surface area (Å²) >= 11 is 6.05. The van der Waals surface area contributed by atoms with Gasteiger partial charge in [-0.05, 0) is 48.7 Å². The zero-order valence-electron chi connectivity index (χ0n) is 17.4. The molecule has 0 spiro atoms. The maximum absolute atomic E-state index is 13.5. The maximum atomic E-state index is 13.5. The van der Waals surface area contributed by atoms with Gasteiger partial charge in [0.05, 0.1) is 6.54 Å². The van der Waals surface area contributed by atoms with E-state index in [0.717, 1.165) is 29.8 Å². The number of fused-ring (bicyclic) bond motifs is 3. The summed E-state index contributed by atoms with van der Waals surface area (Å²) in [4.78, 5) is 33.4. The first-order valence-corrected chi connectivity index (χ1v) is 10.6. The van der Waals surface area contributed by atoms with Crippen molar-refractivity contribution < 1.29 is 0 Å². The normalized spacial score (nSPS) is 13.6. The second-order valence-electron chi connectivity index (χ2n) is 7.88. The molecule has 5 rings (SSSR count). The van der Waals surface area contributed by atoms with Crippen molar-refractivity contribution in [2.75, 3.05) is 11.4 Å². The van der Waals surface area contributed by atoms with Crippen molar-refractivity contribution in [2.24, 2.45) is 7.05 Å². The molecule has 2 aromatic carbocycles. The van der Waals surface area contributed by atoms with Gasteiger partial charge in [-0.1, -0.05) is 35.9 Å². The van der Waals surface area contributed by atoms with Crippen LogP contribution in [0.5, 0.6) is 0 Å². The smallest absolute Gasteiger partial charge is 0.312 e. The topological polar surface area (TPSA) is 65.1 Å². The first kappa shape index (κ1) is 19.6. The SMILES string of the molecule is Cc1ccccc1Cn1c(=O)c2c(nc3n2CCCN3c2ccc(Cl)cc2)n(C)c1=O. The van der Waals surface area contributed by atoms with E-state index < -0.39 is 0 Å². The molecule has 0 atom stereocenters. The fourth-order valence-electron chi connectivity index (χ4n) is 4.23. The van der Waals surface area contributed by atoms with Gasteiger partial charge in [0.1, 0.15) is 0 Å². The lowest BCUT2D eigenvalue weighted by Crippen LogP contribution is -2.40. The lowest BCUT2D eigenvalue weighted by molar-refractivity contribution is 0.597. The molecular formula is C23H22ClN5O2. The molecule has 8 heteroatoms. The molecule has 4 aromatic rings. The molecule has 0 unspecified atom stereocenters. The molecule has 31 heavy (non-hydrogen) atoms. The predicted molar refractivity (Wildman–Crippen MR) is 123 cm³/mol. The van der Waals surface area contributed by atoms with Crippen LogP contribution in [-0.2, 0) is 20.1 Å². The summed E-state index contributed by atoms with van der Waals surface area (Å²) in [5.74, 6) is 0.671. The minimum atomic E-state index is -0.366. The van der Waals surface area contributed by atoms with Crippen LogP contribution in [0, 0.1) is 6.92 Å². The van der Waals surface area contributed by atoms with Gasteiger partial charge in [-0.15, -0.1) is 0 Å². The summed E-state index contributed by atoms with van der Waals surface area (Å²) in [7, 11) is 1.67. The Kier molecular flexibility index (Phi) is 4.70. The van der Waals surface area contributed by atoms with Crippen molar-refractivity contribution in [3.63, 3.8) is 0 Å². The van der Waals surface area contributed by atoms with Gasteiger partial charge in [0.25, 0.3) is 5.56 Å². The number of anilines is 2. The minimum absolute atomic E-state index is 0.232. The maximum Gasteiger partial charge on any atom is 0.332 e. The highest BCUT2D eigenvalue weighted by atomic mass is 35.5. The monoisotopic (exact) mass is 435 g/mol. The van der Waals surface area contributed by atoms with E-state index in [-0.39, 0.29) is 17.8 Å². The standard InChI is InChI=1S/C23H22ClN5O2/c1-15-6-3-4-7-16(15)14-29-21(30)19-20(26(2)23(29)31)25-22-27(12-5-13-28(19)22)18-10-8-17(24)9-11-18/h3-4,6-11H,5,12-14H2,1-2H3. The van der Waals surface area contributed by atoms with Crippen LogP contribution < -0.4 is 16.1 Å². The molecular weight excluding hydrogens is 414 g/mol. The summed E-state index contributed by atoms with van der Waals surface area (Å²) in [6.07, 6.45) is 0.862. The zero-order valence-corrected chi connectivity index (χ0v) is 18.1. The van der Waals surface area contributed by atoms with Gasteiger partial charge in [-0.3, -0.25) is 13.9 Å². The first-order chi connectivity index (χ1) is 15.0. The van der Waals surface area contributed by atoms with Crippen molar-refractivity contribution in [2.45, 2.75) is 26.4 Å². The number of aryl methyl sites for hydroxylation is 3. The van der Waals surface area contributed by atoms with Crippen molar-refractivity contribution in [1.82, 2.24) is 18.7 Å². The Hall–Kier alpha value is -3.32. The number of halogens is 1. The molecule has 0 amide bonds. The lowest BCUT2D eigenvalue weighted by Gasteiger charge is -2.29. The average molecular weight is 436 g/mol. The van der Waals surface area contributed by atoms with E-state index in [1.807, 2.05) is 60.0 Å². The van der Waals surface area contributed by atoms with Crippen LogP contribution in [0.3, 0.4) is 0 Å². The quantitative estimate of drug-likeness (QED) is 0.494. The third kappa shape index (κ3) is 3.16. The van der Waals surface area contributed by atoms with Gasteiger partial charge in [0.2, 0.25) is 5.95 Å². The number of hydrogen-bond donors (Lipinski definition) is 0. The Morgan fingerprint density at radius 1 is 1.03 bits per heavy atom. The third-order valence-corrected chi connectivity index (χ3v) is 6.20. The Morgan fingerprint density at radius 3 is 2.52 bits per heavy atom. The van der Waals surface area contributed by atoms with Crippen LogP contribution in [0.2, 0.25) is 5.02 Å². The van der Waals surface area contributed by atoms with Crippen molar-refractivity contribution in [3.8, 4) is 0 Å². The molecule has 1 aliphatic heterocycles. The third-order valence-electron chi connectivity index (χ3n) is 5.95. The molecule has 0 saturated heterocycles. The van der Waals surface area contributed by atoms with Crippen LogP contribution in [0.25, 0.3) is 11.2 Å². The Labute approximate surface area is 183 Å². The van der Waals surface area contributed by atoms with E-state index in [1.54, 1.807) is 7.05 Å². The van der Waals surface area contributed by atoms with E-state index in [2.05, 4.69) is 4.90 Å². The number of aromatic nitrogens is 4. The second-order valence-corrected chi connectivity index (χ2v) is 8.31. The summed E-state index contributed by atoms with van der Waals surface area (Å²) in [5, 5.41) is 0.663. The number of rotatable bonds is 3. The largest absolute Gasteiger partial charge is 0.332 e. The van der Waals surface area contributed by atoms with Gasteiger partial charge in [-0.25, -0.2) is 4.79 Å². The van der Waals surface area contributed by atoms with Gasteiger partial charge >= 0.3 is 5.69 Å². The van der Waals surface area contributed by atoms with Gasteiger partial charge < -0.3 is 9.47 Å². The second kappa shape index (κ2) is 7.42. The van der Waals surface area contributed by atoms with Gasteiger partial charge in [-0.2, -0.15) is 4.98 Å². The molecule has 0 N–H and O–H groups in total. The summed E-state index contributed by atoms with van der Waals surface area (Å²) in [6.45, 7) is 3.66. The average Bonchev–Trinajstić information content (AvgIpc) is 3.17.